The van der Waals surface area contributed by atoms with Gasteiger partial charge in [0.25, 0.3) is 0 Å². The summed E-state index contributed by atoms with van der Waals surface area (Å²) in [6.45, 7) is 2.62. The molecule has 6 heteroatoms. The highest BCUT2D eigenvalue weighted by atomic mass is 16.2. The quantitative estimate of drug-likeness (QED) is 0.725. The van der Waals surface area contributed by atoms with Gasteiger partial charge in [-0.1, -0.05) is 48.5 Å². The van der Waals surface area contributed by atoms with Crippen molar-refractivity contribution in [1.82, 2.24) is 10.2 Å². The number of hydrogen-bond donors (Lipinski definition) is 2. The minimum atomic E-state index is -0.658. The molecule has 1 aliphatic heterocycles. The van der Waals surface area contributed by atoms with E-state index in [1.54, 1.807) is 17.9 Å². The zero-order valence-corrected chi connectivity index (χ0v) is 17.1. The first kappa shape index (κ1) is 21.3. The van der Waals surface area contributed by atoms with Crippen molar-refractivity contribution in [1.29, 1.82) is 0 Å². The molecule has 1 aliphatic rings. The van der Waals surface area contributed by atoms with E-state index in [-0.39, 0.29) is 23.6 Å². The standard InChI is InChI=1S/C24H27N3O3/c1-18(25-22(28)15-14-19-9-4-2-5-10-19)24(30)27-16-8-11-20(17-27)23(29)26-21-12-6-3-7-13-21/h2-7,9-10,12-15,18,20H,8,11,16-17H2,1H3,(H,25,28)(H,26,29)/b15-14+. The van der Waals surface area contributed by atoms with Crippen molar-refractivity contribution < 1.29 is 14.4 Å². The summed E-state index contributed by atoms with van der Waals surface area (Å²) < 4.78 is 0. The molecule has 0 aromatic heterocycles. The van der Waals surface area contributed by atoms with Gasteiger partial charge < -0.3 is 15.5 Å². The smallest absolute Gasteiger partial charge is 0.244 e. The van der Waals surface area contributed by atoms with Crippen LogP contribution in [-0.2, 0) is 14.4 Å². The zero-order chi connectivity index (χ0) is 21.3. The maximum Gasteiger partial charge on any atom is 0.244 e. The molecule has 0 aliphatic carbocycles. The fourth-order valence-electron chi connectivity index (χ4n) is 3.49. The lowest BCUT2D eigenvalue weighted by molar-refractivity contribution is -0.138. The first-order valence-corrected chi connectivity index (χ1v) is 10.2. The summed E-state index contributed by atoms with van der Waals surface area (Å²) in [5.74, 6) is -0.839. The van der Waals surface area contributed by atoms with Crippen molar-refractivity contribution in [2.75, 3.05) is 18.4 Å². The summed E-state index contributed by atoms with van der Waals surface area (Å²) in [4.78, 5) is 39.2. The van der Waals surface area contributed by atoms with Gasteiger partial charge in [-0.25, -0.2) is 0 Å². The Morgan fingerprint density at radius 3 is 2.40 bits per heavy atom. The maximum atomic E-state index is 12.8. The van der Waals surface area contributed by atoms with Crippen molar-refractivity contribution in [3.63, 3.8) is 0 Å². The number of para-hydroxylation sites is 1. The second-order valence-electron chi connectivity index (χ2n) is 7.45. The van der Waals surface area contributed by atoms with E-state index in [9.17, 15) is 14.4 Å². The van der Waals surface area contributed by atoms with Gasteiger partial charge in [-0.2, -0.15) is 0 Å². The van der Waals surface area contributed by atoms with E-state index in [4.69, 9.17) is 0 Å². The van der Waals surface area contributed by atoms with E-state index >= 15 is 0 Å². The molecule has 156 valence electrons. The Kier molecular flexibility index (Phi) is 7.38. The Morgan fingerprint density at radius 2 is 1.70 bits per heavy atom. The molecule has 1 fully saturated rings. The summed E-state index contributed by atoms with van der Waals surface area (Å²) in [5.41, 5.74) is 1.66. The van der Waals surface area contributed by atoms with Crippen LogP contribution in [0.2, 0.25) is 0 Å². The van der Waals surface area contributed by atoms with Crippen LogP contribution in [0.1, 0.15) is 25.3 Å². The first-order chi connectivity index (χ1) is 14.5. The van der Waals surface area contributed by atoms with Crippen LogP contribution in [0.5, 0.6) is 0 Å². The molecule has 2 atom stereocenters. The molecule has 0 saturated carbocycles. The molecule has 2 unspecified atom stereocenters. The average Bonchev–Trinajstić information content (AvgIpc) is 2.78. The highest BCUT2D eigenvalue weighted by molar-refractivity contribution is 5.96. The van der Waals surface area contributed by atoms with E-state index in [1.165, 1.54) is 6.08 Å². The van der Waals surface area contributed by atoms with Crippen molar-refractivity contribution in [2.45, 2.75) is 25.8 Å². The van der Waals surface area contributed by atoms with Gasteiger partial charge in [0.15, 0.2) is 0 Å². The van der Waals surface area contributed by atoms with Crippen molar-refractivity contribution >= 4 is 29.5 Å². The average molecular weight is 405 g/mol. The number of piperidine rings is 1. The van der Waals surface area contributed by atoms with Crippen molar-refractivity contribution in [3.8, 4) is 0 Å². The Labute approximate surface area is 177 Å². The summed E-state index contributed by atoms with van der Waals surface area (Å²) in [6, 6.07) is 18.1. The number of nitrogens with zero attached hydrogens (tertiary/aromatic N) is 1. The number of carbonyl (C=O) groups is 3. The number of likely N-dealkylation sites (tertiary alicyclic amines) is 1. The fraction of sp³-hybridized carbons (Fsp3) is 0.292. The van der Waals surface area contributed by atoms with Crippen LogP contribution in [0.25, 0.3) is 6.08 Å². The highest BCUT2D eigenvalue weighted by Crippen LogP contribution is 2.19. The highest BCUT2D eigenvalue weighted by Gasteiger charge is 2.30. The van der Waals surface area contributed by atoms with Gasteiger partial charge in [0.05, 0.1) is 5.92 Å². The number of nitrogens with one attached hydrogen (secondary N) is 2. The van der Waals surface area contributed by atoms with Gasteiger partial charge in [-0.15, -0.1) is 0 Å². The molecular weight excluding hydrogens is 378 g/mol. The molecule has 0 bridgehead atoms. The molecule has 1 heterocycles. The Balaban J connectivity index is 1.51. The lowest BCUT2D eigenvalue weighted by atomic mass is 9.96. The fourth-order valence-corrected chi connectivity index (χ4v) is 3.49. The molecule has 2 aromatic carbocycles. The second kappa shape index (κ2) is 10.4. The van der Waals surface area contributed by atoms with E-state index in [0.717, 1.165) is 24.1 Å². The van der Waals surface area contributed by atoms with Crippen molar-refractivity contribution in [3.05, 3.63) is 72.3 Å². The van der Waals surface area contributed by atoms with Gasteiger partial charge >= 0.3 is 0 Å². The van der Waals surface area contributed by atoms with Gasteiger partial charge in [0.2, 0.25) is 17.7 Å². The van der Waals surface area contributed by atoms with Crippen LogP contribution in [-0.4, -0.2) is 41.8 Å². The number of rotatable bonds is 6. The third-order valence-corrected chi connectivity index (χ3v) is 5.10. The van der Waals surface area contributed by atoms with E-state index in [2.05, 4.69) is 10.6 Å². The Morgan fingerprint density at radius 1 is 1.03 bits per heavy atom. The second-order valence-corrected chi connectivity index (χ2v) is 7.45. The predicted molar refractivity (Wildman–Crippen MR) is 117 cm³/mol. The van der Waals surface area contributed by atoms with E-state index < -0.39 is 6.04 Å². The van der Waals surface area contributed by atoms with Gasteiger partial charge in [0, 0.05) is 24.9 Å². The van der Waals surface area contributed by atoms with Crippen LogP contribution < -0.4 is 10.6 Å². The molecule has 0 spiro atoms. The molecular formula is C24H27N3O3. The third-order valence-electron chi connectivity index (χ3n) is 5.10. The van der Waals surface area contributed by atoms with Crippen LogP contribution in [0.3, 0.4) is 0 Å². The molecule has 30 heavy (non-hydrogen) atoms. The topological polar surface area (TPSA) is 78.5 Å². The number of benzene rings is 2. The van der Waals surface area contributed by atoms with Gasteiger partial charge in [0.1, 0.15) is 6.04 Å². The number of hydrogen-bond acceptors (Lipinski definition) is 3. The number of anilines is 1. The van der Waals surface area contributed by atoms with E-state index in [0.29, 0.717) is 13.1 Å². The van der Waals surface area contributed by atoms with Gasteiger partial charge in [-0.3, -0.25) is 14.4 Å². The lowest BCUT2D eigenvalue weighted by Gasteiger charge is -2.33. The summed E-state index contributed by atoms with van der Waals surface area (Å²) in [7, 11) is 0. The van der Waals surface area contributed by atoms with E-state index in [1.807, 2.05) is 60.7 Å². The third kappa shape index (κ3) is 6.04. The largest absolute Gasteiger partial charge is 0.341 e. The Hall–Kier alpha value is -3.41. The molecule has 3 amide bonds. The molecule has 2 N–H and O–H groups in total. The van der Waals surface area contributed by atoms with Crippen molar-refractivity contribution in [2.24, 2.45) is 5.92 Å². The zero-order valence-electron chi connectivity index (χ0n) is 17.1. The molecule has 6 nitrogen and oxygen atoms in total. The summed E-state index contributed by atoms with van der Waals surface area (Å²) in [5, 5.41) is 5.62. The SMILES string of the molecule is CC(NC(=O)/C=C/c1ccccc1)C(=O)N1CCCC(C(=O)Nc2ccccc2)C1. The van der Waals surface area contributed by atoms with Crippen LogP contribution in [0, 0.1) is 5.92 Å². The normalized spacial score (nSPS) is 17.4. The maximum absolute atomic E-state index is 12.8. The molecule has 0 radical (unpaired) electrons. The molecule has 1 saturated heterocycles. The Bertz CT molecular complexity index is 896. The number of amides is 3. The molecule has 2 aromatic rings. The minimum absolute atomic E-state index is 0.0822. The lowest BCUT2D eigenvalue weighted by Crippen LogP contribution is -2.51. The van der Waals surface area contributed by atoms with Gasteiger partial charge in [-0.05, 0) is 43.5 Å². The predicted octanol–water partition coefficient (Wildman–Crippen LogP) is 3.08. The minimum Gasteiger partial charge on any atom is -0.341 e. The number of carbonyl (C=O) groups excluding carboxylic acids is 3. The first-order valence-electron chi connectivity index (χ1n) is 10.2. The van der Waals surface area contributed by atoms with Crippen LogP contribution in [0.15, 0.2) is 66.7 Å². The monoisotopic (exact) mass is 405 g/mol. The molecule has 3 rings (SSSR count). The summed E-state index contributed by atoms with van der Waals surface area (Å²) >= 11 is 0. The summed E-state index contributed by atoms with van der Waals surface area (Å²) in [6.07, 6.45) is 4.62. The van der Waals surface area contributed by atoms with Crippen LogP contribution in [0.4, 0.5) is 5.69 Å². The van der Waals surface area contributed by atoms with Crippen LogP contribution >= 0.6 is 0 Å².